The van der Waals surface area contributed by atoms with Crippen LogP contribution in [0.2, 0.25) is 0 Å². The number of carbonyl (C=O) groups is 1. The number of hydrogen-bond donors (Lipinski definition) is 2. The Morgan fingerprint density at radius 1 is 1.32 bits per heavy atom. The van der Waals surface area contributed by atoms with Crippen LogP contribution in [0.25, 0.3) is 6.08 Å². The van der Waals surface area contributed by atoms with E-state index in [9.17, 15) is 4.79 Å². The van der Waals surface area contributed by atoms with Gasteiger partial charge in [-0.05, 0) is 38.1 Å². The molecule has 0 radical (unpaired) electrons. The minimum Gasteiger partial charge on any atom is -0.465 e. The fourth-order valence-electron chi connectivity index (χ4n) is 1.48. The molecule has 0 aliphatic rings. The number of nitrogens with one attached hydrogen (secondary N) is 2. The summed E-state index contributed by atoms with van der Waals surface area (Å²) in [7, 11) is 0. The van der Waals surface area contributed by atoms with Crippen LogP contribution in [0.5, 0.6) is 0 Å². The van der Waals surface area contributed by atoms with E-state index in [4.69, 9.17) is 4.42 Å². The fraction of sp³-hybridized carbons (Fsp3) is 0.154. The maximum Gasteiger partial charge on any atom is 0.262 e. The number of hydrogen-bond acceptors (Lipinski definition) is 5. The first-order valence-corrected chi connectivity index (χ1v) is 5.73. The summed E-state index contributed by atoms with van der Waals surface area (Å²) < 4.78 is 5.07. The zero-order valence-electron chi connectivity index (χ0n) is 10.7. The van der Waals surface area contributed by atoms with Gasteiger partial charge in [0.2, 0.25) is 5.95 Å². The smallest absolute Gasteiger partial charge is 0.262 e. The molecular weight excluding hydrogens is 244 g/mol. The number of rotatable bonds is 4. The van der Waals surface area contributed by atoms with Gasteiger partial charge in [0, 0.05) is 17.5 Å². The summed E-state index contributed by atoms with van der Waals surface area (Å²) in [5, 5.41) is 0. The van der Waals surface area contributed by atoms with Crippen molar-refractivity contribution >= 4 is 17.9 Å². The topological polar surface area (TPSA) is 80.0 Å². The van der Waals surface area contributed by atoms with Crippen LogP contribution >= 0.6 is 0 Å². The van der Waals surface area contributed by atoms with E-state index in [0.29, 0.717) is 11.7 Å². The summed E-state index contributed by atoms with van der Waals surface area (Å²) >= 11 is 0. The van der Waals surface area contributed by atoms with E-state index in [1.165, 1.54) is 6.08 Å². The van der Waals surface area contributed by atoms with Crippen molar-refractivity contribution in [1.82, 2.24) is 15.4 Å². The van der Waals surface area contributed by atoms with E-state index in [1.807, 2.05) is 19.9 Å². The highest BCUT2D eigenvalue weighted by atomic mass is 16.3. The largest absolute Gasteiger partial charge is 0.465 e. The van der Waals surface area contributed by atoms with E-state index in [1.54, 1.807) is 24.5 Å². The third-order valence-corrected chi connectivity index (χ3v) is 2.22. The van der Waals surface area contributed by atoms with Crippen LogP contribution in [0.1, 0.15) is 17.1 Å². The molecule has 0 aliphatic carbocycles. The Hall–Kier alpha value is -2.63. The second kappa shape index (κ2) is 5.81. The maximum absolute atomic E-state index is 11.5. The molecular formula is C13H14N4O2. The Bertz CT molecular complexity index is 570. The highest BCUT2D eigenvalue weighted by Crippen LogP contribution is 2.03. The van der Waals surface area contributed by atoms with Crippen LogP contribution in [-0.2, 0) is 4.79 Å². The summed E-state index contributed by atoms with van der Waals surface area (Å²) in [5.41, 5.74) is 6.78. The SMILES string of the molecule is Cc1cc(C)nc(NNC(=O)C=Cc2ccco2)n1. The predicted molar refractivity (Wildman–Crippen MR) is 71.0 cm³/mol. The Balaban J connectivity index is 1.89. The van der Waals surface area contributed by atoms with Gasteiger partial charge in [-0.25, -0.2) is 9.97 Å². The first-order chi connectivity index (χ1) is 9.13. The number of aryl methyl sites for hydroxylation is 2. The molecule has 2 N–H and O–H groups in total. The third-order valence-electron chi connectivity index (χ3n) is 2.22. The minimum atomic E-state index is -0.320. The lowest BCUT2D eigenvalue weighted by atomic mass is 10.4. The molecule has 0 saturated heterocycles. The highest BCUT2D eigenvalue weighted by molar-refractivity contribution is 5.91. The van der Waals surface area contributed by atoms with Crippen LogP contribution in [0.15, 0.2) is 35.0 Å². The molecule has 98 valence electrons. The lowest BCUT2D eigenvalue weighted by Crippen LogP contribution is -2.28. The van der Waals surface area contributed by atoms with Crippen molar-refractivity contribution in [2.45, 2.75) is 13.8 Å². The number of furan rings is 1. The van der Waals surface area contributed by atoms with Gasteiger partial charge in [-0.2, -0.15) is 0 Å². The lowest BCUT2D eigenvalue weighted by molar-refractivity contribution is -0.116. The van der Waals surface area contributed by atoms with Crippen LogP contribution in [0.4, 0.5) is 5.95 Å². The van der Waals surface area contributed by atoms with Gasteiger partial charge in [-0.3, -0.25) is 15.6 Å². The quantitative estimate of drug-likeness (QED) is 0.646. The molecule has 0 atom stereocenters. The molecule has 19 heavy (non-hydrogen) atoms. The van der Waals surface area contributed by atoms with Crippen molar-refractivity contribution in [2.24, 2.45) is 0 Å². The summed E-state index contributed by atoms with van der Waals surface area (Å²) in [6.45, 7) is 3.72. The Labute approximate surface area is 110 Å². The average molecular weight is 258 g/mol. The molecule has 2 heterocycles. The standard InChI is InChI=1S/C13H14N4O2/c1-9-8-10(2)15-13(14-9)17-16-12(18)6-5-11-4-3-7-19-11/h3-8H,1-2H3,(H,16,18)(H,14,15,17). The predicted octanol–water partition coefficient (Wildman–Crippen LogP) is 1.84. The minimum absolute atomic E-state index is 0.320. The number of nitrogens with zero attached hydrogens (tertiary/aromatic N) is 2. The van der Waals surface area contributed by atoms with Crippen LogP contribution in [0.3, 0.4) is 0 Å². The lowest BCUT2D eigenvalue weighted by Gasteiger charge is -2.06. The molecule has 0 saturated carbocycles. The van der Waals surface area contributed by atoms with Gasteiger partial charge in [0.1, 0.15) is 5.76 Å². The van der Waals surface area contributed by atoms with Gasteiger partial charge < -0.3 is 4.42 Å². The van der Waals surface area contributed by atoms with Gasteiger partial charge in [-0.1, -0.05) is 0 Å². The summed E-state index contributed by atoms with van der Waals surface area (Å²) in [5.74, 6) is 0.647. The van der Waals surface area contributed by atoms with Crippen LogP contribution in [0, 0.1) is 13.8 Å². The maximum atomic E-state index is 11.5. The van der Waals surface area contributed by atoms with E-state index in [-0.39, 0.29) is 5.91 Å². The molecule has 0 fully saturated rings. The van der Waals surface area contributed by atoms with Crippen molar-refractivity contribution < 1.29 is 9.21 Å². The summed E-state index contributed by atoms with van der Waals surface area (Å²) in [4.78, 5) is 19.8. The number of amides is 1. The Morgan fingerprint density at radius 2 is 2.05 bits per heavy atom. The second-order valence-corrected chi connectivity index (χ2v) is 3.94. The third kappa shape index (κ3) is 3.95. The summed E-state index contributed by atoms with van der Waals surface area (Å²) in [6.07, 6.45) is 4.47. The molecule has 0 aliphatic heterocycles. The Kier molecular flexibility index (Phi) is 3.92. The van der Waals surface area contributed by atoms with Gasteiger partial charge in [0.15, 0.2) is 0 Å². The van der Waals surface area contributed by atoms with Crippen molar-refractivity contribution in [3.63, 3.8) is 0 Å². The number of aromatic nitrogens is 2. The number of anilines is 1. The van der Waals surface area contributed by atoms with Gasteiger partial charge >= 0.3 is 0 Å². The molecule has 2 rings (SSSR count). The van der Waals surface area contributed by atoms with Gasteiger partial charge in [-0.15, -0.1) is 0 Å². The summed E-state index contributed by atoms with van der Waals surface area (Å²) in [6, 6.07) is 5.35. The second-order valence-electron chi connectivity index (χ2n) is 3.94. The van der Waals surface area contributed by atoms with E-state index in [2.05, 4.69) is 20.8 Å². The molecule has 1 amide bonds. The van der Waals surface area contributed by atoms with Crippen molar-refractivity contribution in [2.75, 3.05) is 5.43 Å². The number of carbonyl (C=O) groups excluding carboxylic acids is 1. The van der Waals surface area contributed by atoms with Crippen molar-refractivity contribution in [3.05, 3.63) is 47.7 Å². The molecule has 2 aromatic heterocycles. The van der Waals surface area contributed by atoms with Crippen molar-refractivity contribution in [3.8, 4) is 0 Å². The van der Waals surface area contributed by atoms with Crippen LogP contribution in [-0.4, -0.2) is 15.9 Å². The van der Waals surface area contributed by atoms with Gasteiger partial charge in [0.05, 0.1) is 6.26 Å². The van der Waals surface area contributed by atoms with Gasteiger partial charge in [0.25, 0.3) is 5.91 Å². The zero-order chi connectivity index (χ0) is 13.7. The number of hydrazine groups is 1. The van der Waals surface area contributed by atoms with Crippen molar-refractivity contribution in [1.29, 1.82) is 0 Å². The Morgan fingerprint density at radius 3 is 2.68 bits per heavy atom. The molecule has 6 heteroatoms. The average Bonchev–Trinajstić information content (AvgIpc) is 2.86. The molecule has 6 nitrogen and oxygen atoms in total. The molecule has 0 bridgehead atoms. The van der Waals surface area contributed by atoms with E-state index in [0.717, 1.165) is 11.4 Å². The zero-order valence-corrected chi connectivity index (χ0v) is 10.7. The van der Waals surface area contributed by atoms with E-state index >= 15 is 0 Å². The molecule has 0 spiro atoms. The highest BCUT2D eigenvalue weighted by Gasteiger charge is 2.00. The fourth-order valence-corrected chi connectivity index (χ4v) is 1.48. The van der Waals surface area contributed by atoms with E-state index < -0.39 is 0 Å². The first kappa shape index (κ1) is 12.8. The molecule has 2 aromatic rings. The normalized spacial score (nSPS) is 10.6. The first-order valence-electron chi connectivity index (χ1n) is 5.73. The molecule has 0 aromatic carbocycles. The van der Waals surface area contributed by atoms with Crippen LogP contribution < -0.4 is 10.9 Å². The molecule has 0 unspecified atom stereocenters. The monoisotopic (exact) mass is 258 g/mol.